The number of hydrogen-bond acceptors (Lipinski definition) is 4. The van der Waals surface area contributed by atoms with Crippen LogP contribution >= 0.6 is 0 Å². The van der Waals surface area contributed by atoms with E-state index in [9.17, 15) is 10.1 Å². The molecule has 1 aliphatic rings. The molecule has 0 bridgehead atoms. The molecule has 94 valence electrons. The molecule has 2 heterocycles. The number of aryl methyl sites for hydroxylation is 1. The molecule has 1 unspecified atom stereocenters. The molecule has 4 heteroatoms. The highest BCUT2D eigenvalue weighted by atomic mass is 16.1. The molecule has 1 aromatic rings. The quantitative estimate of drug-likeness (QED) is 0.799. The van der Waals surface area contributed by atoms with E-state index in [4.69, 9.17) is 0 Å². The highest BCUT2D eigenvalue weighted by molar-refractivity contribution is 5.85. The van der Waals surface area contributed by atoms with E-state index >= 15 is 0 Å². The van der Waals surface area contributed by atoms with Crippen LogP contribution in [0.2, 0.25) is 0 Å². The fourth-order valence-electron chi connectivity index (χ4n) is 2.51. The number of aromatic nitrogens is 1. The predicted molar refractivity (Wildman–Crippen MR) is 69.4 cm³/mol. The van der Waals surface area contributed by atoms with Crippen LogP contribution in [0.1, 0.15) is 37.3 Å². The molecule has 0 spiro atoms. The zero-order valence-corrected chi connectivity index (χ0v) is 10.8. The molecule has 0 radical (unpaired) electrons. The normalized spacial score (nSPS) is 19.4. The van der Waals surface area contributed by atoms with E-state index in [1.54, 1.807) is 13.1 Å². The molecule has 2 rings (SSSR count). The molecule has 4 nitrogen and oxygen atoms in total. The Bertz CT molecular complexity index is 504. The number of piperidine rings is 1. The zero-order chi connectivity index (χ0) is 13.1. The minimum absolute atomic E-state index is 0.125. The molecular formula is C14H17N3O. The predicted octanol–water partition coefficient (Wildman–Crippen LogP) is 2.21. The summed E-state index contributed by atoms with van der Waals surface area (Å²) in [6.45, 7) is 4.32. The van der Waals surface area contributed by atoms with E-state index in [-0.39, 0.29) is 11.8 Å². The average molecular weight is 243 g/mol. The molecule has 0 amide bonds. The van der Waals surface area contributed by atoms with Crippen LogP contribution in [0.4, 0.5) is 5.82 Å². The Hall–Kier alpha value is -1.89. The van der Waals surface area contributed by atoms with E-state index in [2.05, 4.69) is 11.1 Å². The minimum Gasteiger partial charge on any atom is -0.345 e. The number of Topliss-reactive ketones (excluding diaryl/α,β-unsaturated/α-hetero) is 1. The molecule has 1 aliphatic heterocycles. The smallest absolute Gasteiger partial charge is 0.152 e. The molecule has 18 heavy (non-hydrogen) atoms. The number of nitrogens with zero attached hydrogens (tertiary/aromatic N) is 3. The van der Waals surface area contributed by atoms with Gasteiger partial charge in [-0.15, -0.1) is 0 Å². The van der Waals surface area contributed by atoms with Crippen molar-refractivity contribution in [3.05, 3.63) is 23.4 Å². The number of anilines is 1. The summed E-state index contributed by atoms with van der Waals surface area (Å²) >= 11 is 0. The van der Waals surface area contributed by atoms with Gasteiger partial charge in [-0.2, -0.15) is 5.26 Å². The van der Waals surface area contributed by atoms with Gasteiger partial charge in [-0.05, 0) is 44.7 Å². The monoisotopic (exact) mass is 243 g/mol. The number of nitriles is 1. The Labute approximate surface area is 107 Å². The van der Waals surface area contributed by atoms with Crippen molar-refractivity contribution in [2.75, 3.05) is 11.4 Å². The Kier molecular flexibility index (Phi) is 3.61. The third-order valence-electron chi connectivity index (χ3n) is 3.50. The summed E-state index contributed by atoms with van der Waals surface area (Å²) in [5.74, 6) is 0.819. The van der Waals surface area contributed by atoms with Gasteiger partial charge in [0.2, 0.25) is 0 Å². The van der Waals surface area contributed by atoms with Crippen LogP contribution in [0.5, 0.6) is 0 Å². The van der Waals surface area contributed by atoms with E-state index in [1.807, 2.05) is 17.9 Å². The van der Waals surface area contributed by atoms with Gasteiger partial charge in [0.15, 0.2) is 5.78 Å². The van der Waals surface area contributed by atoms with Crippen LogP contribution in [0, 0.1) is 18.3 Å². The van der Waals surface area contributed by atoms with Crippen LogP contribution in [0.15, 0.2) is 12.3 Å². The minimum atomic E-state index is -0.125. The van der Waals surface area contributed by atoms with Crippen LogP contribution in [-0.2, 0) is 4.79 Å². The lowest BCUT2D eigenvalue weighted by Crippen LogP contribution is -2.44. The van der Waals surface area contributed by atoms with E-state index in [1.165, 1.54) is 0 Å². The Balaban J connectivity index is 2.43. The first-order chi connectivity index (χ1) is 8.65. The van der Waals surface area contributed by atoms with Crippen LogP contribution in [-0.4, -0.2) is 23.4 Å². The first-order valence-corrected chi connectivity index (χ1v) is 6.28. The van der Waals surface area contributed by atoms with Gasteiger partial charge in [0.1, 0.15) is 11.9 Å². The standard InChI is InChI=1S/C14H17N3O/c1-10-6-7-16-14(12(10)9-15)17-8-4-3-5-13(17)11(2)18/h6-7,13H,3-5,8H2,1-2H3. The topological polar surface area (TPSA) is 57.0 Å². The molecule has 0 aromatic carbocycles. The number of hydrogen-bond donors (Lipinski definition) is 0. The van der Waals surface area contributed by atoms with Crippen molar-refractivity contribution in [2.45, 2.75) is 39.2 Å². The van der Waals surface area contributed by atoms with Gasteiger partial charge in [-0.25, -0.2) is 4.98 Å². The molecule has 1 aromatic heterocycles. The first-order valence-electron chi connectivity index (χ1n) is 6.28. The first kappa shape index (κ1) is 12.6. The Morgan fingerprint density at radius 3 is 3.00 bits per heavy atom. The lowest BCUT2D eigenvalue weighted by molar-refractivity contribution is -0.118. The number of ketones is 1. The van der Waals surface area contributed by atoms with Crippen molar-refractivity contribution >= 4 is 11.6 Å². The largest absolute Gasteiger partial charge is 0.345 e. The zero-order valence-electron chi connectivity index (χ0n) is 10.8. The number of carbonyl (C=O) groups excluding carboxylic acids is 1. The second-order valence-electron chi connectivity index (χ2n) is 4.75. The molecule has 1 atom stereocenters. The van der Waals surface area contributed by atoms with Crippen molar-refractivity contribution < 1.29 is 4.79 Å². The van der Waals surface area contributed by atoms with Gasteiger partial charge < -0.3 is 4.90 Å². The SMILES string of the molecule is CC(=O)C1CCCCN1c1nccc(C)c1C#N. The van der Waals surface area contributed by atoms with E-state index in [0.717, 1.165) is 31.4 Å². The molecule has 1 saturated heterocycles. The van der Waals surface area contributed by atoms with E-state index < -0.39 is 0 Å². The van der Waals surface area contributed by atoms with Crippen molar-refractivity contribution in [1.82, 2.24) is 4.98 Å². The number of carbonyl (C=O) groups is 1. The Morgan fingerprint density at radius 1 is 1.56 bits per heavy atom. The average Bonchev–Trinajstić information content (AvgIpc) is 2.38. The third kappa shape index (κ3) is 2.21. The summed E-state index contributed by atoms with van der Waals surface area (Å²) in [4.78, 5) is 18.0. The van der Waals surface area contributed by atoms with Crippen molar-refractivity contribution in [1.29, 1.82) is 5.26 Å². The van der Waals surface area contributed by atoms with E-state index in [0.29, 0.717) is 11.4 Å². The summed E-state index contributed by atoms with van der Waals surface area (Å²) in [6.07, 6.45) is 4.67. The third-order valence-corrected chi connectivity index (χ3v) is 3.50. The van der Waals surface area contributed by atoms with Crippen LogP contribution in [0.25, 0.3) is 0 Å². The molecule has 0 aliphatic carbocycles. The molecular weight excluding hydrogens is 226 g/mol. The fraction of sp³-hybridized carbons (Fsp3) is 0.500. The van der Waals surface area contributed by atoms with Gasteiger partial charge in [0.25, 0.3) is 0 Å². The van der Waals surface area contributed by atoms with Crippen molar-refractivity contribution in [2.24, 2.45) is 0 Å². The lowest BCUT2D eigenvalue weighted by atomic mass is 9.98. The van der Waals surface area contributed by atoms with Crippen LogP contribution in [0.3, 0.4) is 0 Å². The van der Waals surface area contributed by atoms with Gasteiger partial charge in [0, 0.05) is 12.7 Å². The van der Waals surface area contributed by atoms with Crippen molar-refractivity contribution in [3.8, 4) is 6.07 Å². The van der Waals surface area contributed by atoms with Gasteiger partial charge >= 0.3 is 0 Å². The second-order valence-corrected chi connectivity index (χ2v) is 4.75. The van der Waals surface area contributed by atoms with Gasteiger partial charge in [0.05, 0.1) is 11.6 Å². The summed E-state index contributed by atoms with van der Waals surface area (Å²) in [6, 6.07) is 3.91. The van der Waals surface area contributed by atoms with Crippen molar-refractivity contribution in [3.63, 3.8) is 0 Å². The summed E-state index contributed by atoms with van der Waals surface area (Å²) in [5.41, 5.74) is 1.50. The molecule has 1 fully saturated rings. The maximum atomic E-state index is 11.7. The number of pyridine rings is 1. The lowest BCUT2D eigenvalue weighted by Gasteiger charge is -2.35. The maximum Gasteiger partial charge on any atom is 0.152 e. The Morgan fingerprint density at radius 2 is 2.33 bits per heavy atom. The van der Waals surface area contributed by atoms with Crippen LogP contribution < -0.4 is 4.90 Å². The van der Waals surface area contributed by atoms with Gasteiger partial charge in [-0.3, -0.25) is 4.79 Å². The number of rotatable bonds is 2. The fourth-order valence-corrected chi connectivity index (χ4v) is 2.51. The summed E-state index contributed by atoms with van der Waals surface area (Å²) in [7, 11) is 0. The highest BCUT2D eigenvalue weighted by Gasteiger charge is 2.28. The van der Waals surface area contributed by atoms with Gasteiger partial charge in [-0.1, -0.05) is 0 Å². The highest BCUT2D eigenvalue weighted by Crippen LogP contribution is 2.27. The summed E-state index contributed by atoms with van der Waals surface area (Å²) < 4.78 is 0. The maximum absolute atomic E-state index is 11.7. The molecule has 0 N–H and O–H groups in total. The molecule has 0 saturated carbocycles. The second kappa shape index (κ2) is 5.18. The summed E-state index contributed by atoms with van der Waals surface area (Å²) in [5, 5.41) is 9.25.